The van der Waals surface area contributed by atoms with E-state index in [4.69, 9.17) is 4.74 Å². The first kappa shape index (κ1) is 30.2. The number of nitrogens with zero attached hydrogens (tertiary/aromatic N) is 1. The Morgan fingerprint density at radius 3 is 2.49 bits per heavy atom. The standard InChI is InChI=1S/C30H39N3O5S/c1-6-23(7-2)38-29(37)32-24(17-21-14-9-8-10-15-21)25(34)28(36)33-19-39-30(4,5)26(33)27(35)31-18-22-16-12-11-13-20(22)3/h6,8-16,23-26,34H,1,7,17-19H2,2-5H3,(H,31,35)(H,32,37). The number of alkyl carbamates (subject to hydrolysis) is 1. The molecular weight excluding hydrogens is 514 g/mol. The van der Waals surface area contributed by atoms with Crippen LogP contribution < -0.4 is 10.6 Å². The van der Waals surface area contributed by atoms with Gasteiger partial charge in [-0.25, -0.2) is 4.79 Å². The van der Waals surface area contributed by atoms with Crippen LogP contribution in [0.15, 0.2) is 67.3 Å². The van der Waals surface area contributed by atoms with Crippen LogP contribution in [-0.2, 0) is 27.3 Å². The van der Waals surface area contributed by atoms with Crippen LogP contribution in [0.5, 0.6) is 0 Å². The molecule has 0 radical (unpaired) electrons. The van der Waals surface area contributed by atoms with Crippen molar-refractivity contribution in [2.24, 2.45) is 0 Å². The minimum Gasteiger partial charge on any atom is -0.442 e. The van der Waals surface area contributed by atoms with E-state index in [0.717, 1.165) is 16.7 Å². The molecular formula is C30H39N3O5S. The van der Waals surface area contributed by atoms with E-state index in [2.05, 4.69) is 17.2 Å². The SMILES string of the molecule is C=CC(CC)OC(=O)NC(Cc1ccccc1)C(O)C(=O)N1CSC(C)(C)C1C(=O)NCc1ccccc1C. The number of aliphatic hydroxyl groups excluding tert-OH is 1. The van der Waals surface area contributed by atoms with Crippen molar-refractivity contribution in [3.8, 4) is 0 Å². The molecule has 0 spiro atoms. The van der Waals surface area contributed by atoms with Crippen molar-refractivity contribution < 1.29 is 24.2 Å². The van der Waals surface area contributed by atoms with Gasteiger partial charge in [0.15, 0.2) is 6.10 Å². The molecule has 2 aromatic rings. The number of nitrogens with one attached hydrogen (secondary N) is 2. The highest BCUT2D eigenvalue weighted by Crippen LogP contribution is 2.40. The number of thioether (sulfide) groups is 1. The predicted octanol–water partition coefficient (Wildman–Crippen LogP) is 3.95. The summed E-state index contributed by atoms with van der Waals surface area (Å²) in [4.78, 5) is 41.2. The normalized spacial score (nSPS) is 18.5. The van der Waals surface area contributed by atoms with Crippen LogP contribution in [-0.4, -0.2) is 62.8 Å². The summed E-state index contributed by atoms with van der Waals surface area (Å²) in [6.07, 6.45) is -0.575. The highest BCUT2D eigenvalue weighted by Gasteiger charge is 2.49. The summed E-state index contributed by atoms with van der Waals surface area (Å²) in [6, 6.07) is 15.3. The van der Waals surface area contributed by atoms with E-state index >= 15 is 0 Å². The summed E-state index contributed by atoms with van der Waals surface area (Å²) in [6.45, 7) is 11.7. The van der Waals surface area contributed by atoms with E-state index < -0.39 is 41.0 Å². The van der Waals surface area contributed by atoms with E-state index in [-0.39, 0.29) is 18.2 Å². The summed E-state index contributed by atoms with van der Waals surface area (Å²) in [7, 11) is 0. The Morgan fingerprint density at radius 2 is 1.85 bits per heavy atom. The highest BCUT2D eigenvalue weighted by molar-refractivity contribution is 8.00. The van der Waals surface area contributed by atoms with Crippen LogP contribution >= 0.6 is 11.8 Å². The van der Waals surface area contributed by atoms with Gasteiger partial charge in [-0.15, -0.1) is 11.8 Å². The number of benzene rings is 2. The molecule has 1 aliphatic heterocycles. The Balaban J connectivity index is 1.78. The topological polar surface area (TPSA) is 108 Å². The number of ether oxygens (including phenoxy) is 1. The lowest BCUT2D eigenvalue weighted by Gasteiger charge is -2.33. The lowest BCUT2D eigenvalue weighted by molar-refractivity contribution is -0.147. The van der Waals surface area contributed by atoms with Gasteiger partial charge >= 0.3 is 6.09 Å². The number of rotatable bonds is 11. The van der Waals surface area contributed by atoms with Gasteiger partial charge in [0, 0.05) is 11.3 Å². The number of aryl methyl sites for hydroxylation is 1. The van der Waals surface area contributed by atoms with Crippen LogP contribution in [0.4, 0.5) is 4.79 Å². The molecule has 8 nitrogen and oxygen atoms in total. The van der Waals surface area contributed by atoms with Gasteiger partial charge in [0.1, 0.15) is 12.1 Å². The maximum atomic E-state index is 13.7. The molecule has 9 heteroatoms. The molecule has 1 heterocycles. The van der Waals surface area contributed by atoms with Crippen LogP contribution in [0, 0.1) is 6.92 Å². The number of aliphatic hydroxyl groups is 1. The van der Waals surface area contributed by atoms with Crippen molar-refractivity contribution >= 4 is 29.7 Å². The zero-order chi connectivity index (χ0) is 28.6. The highest BCUT2D eigenvalue weighted by atomic mass is 32.2. The van der Waals surface area contributed by atoms with E-state index in [1.165, 1.54) is 22.7 Å². The van der Waals surface area contributed by atoms with Gasteiger partial charge in [0.2, 0.25) is 5.91 Å². The average Bonchev–Trinajstić information content (AvgIpc) is 3.25. The molecule has 210 valence electrons. The Labute approximate surface area is 235 Å². The second-order valence-electron chi connectivity index (χ2n) is 10.2. The number of hydrogen-bond donors (Lipinski definition) is 3. The Bertz CT molecular complexity index is 1160. The maximum absolute atomic E-state index is 13.7. The van der Waals surface area contributed by atoms with E-state index in [0.29, 0.717) is 13.0 Å². The van der Waals surface area contributed by atoms with Gasteiger partial charge in [-0.05, 0) is 50.3 Å². The first-order valence-corrected chi connectivity index (χ1v) is 14.1. The molecule has 3 N–H and O–H groups in total. The minimum atomic E-state index is -1.59. The fourth-order valence-electron chi connectivity index (χ4n) is 4.57. The molecule has 1 aliphatic rings. The molecule has 1 saturated heterocycles. The molecule has 4 atom stereocenters. The molecule has 3 amide bonds. The van der Waals surface area contributed by atoms with E-state index in [1.807, 2.05) is 82.3 Å². The van der Waals surface area contributed by atoms with Crippen molar-refractivity contribution in [3.63, 3.8) is 0 Å². The number of carbonyl (C=O) groups excluding carboxylic acids is 3. The van der Waals surface area contributed by atoms with Gasteiger partial charge in [-0.3, -0.25) is 9.59 Å². The molecule has 4 unspecified atom stereocenters. The molecule has 0 aromatic heterocycles. The Kier molecular flexibility index (Phi) is 10.6. The zero-order valence-corrected chi connectivity index (χ0v) is 23.9. The van der Waals surface area contributed by atoms with Crippen molar-refractivity contribution in [1.29, 1.82) is 0 Å². The maximum Gasteiger partial charge on any atom is 0.408 e. The summed E-state index contributed by atoms with van der Waals surface area (Å²) in [5.41, 5.74) is 2.88. The second-order valence-corrected chi connectivity index (χ2v) is 11.8. The Morgan fingerprint density at radius 1 is 1.18 bits per heavy atom. The van der Waals surface area contributed by atoms with E-state index in [9.17, 15) is 19.5 Å². The third-order valence-electron chi connectivity index (χ3n) is 6.95. The summed E-state index contributed by atoms with van der Waals surface area (Å²) in [5, 5.41) is 16.9. The third-order valence-corrected chi connectivity index (χ3v) is 8.33. The quantitative estimate of drug-likeness (QED) is 0.364. The van der Waals surface area contributed by atoms with Crippen LogP contribution in [0.1, 0.15) is 43.9 Å². The zero-order valence-electron chi connectivity index (χ0n) is 23.1. The molecule has 0 aliphatic carbocycles. The summed E-state index contributed by atoms with van der Waals surface area (Å²) >= 11 is 1.47. The van der Waals surface area contributed by atoms with Gasteiger partial charge in [-0.1, -0.05) is 74.2 Å². The first-order chi connectivity index (χ1) is 18.6. The molecule has 0 bridgehead atoms. The first-order valence-electron chi connectivity index (χ1n) is 13.2. The number of amides is 3. The van der Waals surface area contributed by atoms with Crippen molar-refractivity contribution in [2.45, 2.75) is 76.1 Å². The second kappa shape index (κ2) is 13.7. The average molecular weight is 554 g/mol. The lowest BCUT2D eigenvalue weighted by Crippen LogP contribution is -2.58. The minimum absolute atomic E-state index is 0.197. The van der Waals surface area contributed by atoms with Crippen LogP contribution in [0.3, 0.4) is 0 Å². The summed E-state index contributed by atoms with van der Waals surface area (Å²) < 4.78 is 4.80. The van der Waals surface area contributed by atoms with Crippen molar-refractivity contribution in [1.82, 2.24) is 15.5 Å². The van der Waals surface area contributed by atoms with Gasteiger partial charge in [-0.2, -0.15) is 0 Å². The molecule has 3 rings (SSSR count). The van der Waals surface area contributed by atoms with Crippen molar-refractivity contribution in [2.75, 3.05) is 5.88 Å². The van der Waals surface area contributed by atoms with Gasteiger partial charge < -0.3 is 25.4 Å². The lowest BCUT2D eigenvalue weighted by atomic mass is 9.97. The smallest absolute Gasteiger partial charge is 0.408 e. The largest absolute Gasteiger partial charge is 0.442 e. The van der Waals surface area contributed by atoms with E-state index in [1.54, 1.807) is 0 Å². The van der Waals surface area contributed by atoms with Gasteiger partial charge in [0.25, 0.3) is 5.91 Å². The van der Waals surface area contributed by atoms with Gasteiger partial charge in [0.05, 0.1) is 11.9 Å². The summed E-state index contributed by atoms with van der Waals surface area (Å²) in [5.74, 6) is -0.680. The predicted molar refractivity (Wildman–Crippen MR) is 154 cm³/mol. The van der Waals surface area contributed by atoms with Crippen LogP contribution in [0.2, 0.25) is 0 Å². The molecule has 39 heavy (non-hydrogen) atoms. The molecule has 2 aromatic carbocycles. The fourth-order valence-corrected chi connectivity index (χ4v) is 5.71. The molecule has 1 fully saturated rings. The number of hydrogen-bond acceptors (Lipinski definition) is 6. The van der Waals surface area contributed by atoms with Crippen LogP contribution in [0.25, 0.3) is 0 Å². The molecule has 0 saturated carbocycles. The third kappa shape index (κ3) is 7.86. The number of carbonyl (C=O) groups is 3. The van der Waals surface area contributed by atoms with Crippen molar-refractivity contribution in [3.05, 3.63) is 83.9 Å². The Hall–Kier alpha value is -3.30. The fraction of sp³-hybridized carbons (Fsp3) is 0.433. The monoisotopic (exact) mass is 553 g/mol.